The second-order valence-electron chi connectivity index (χ2n) is 19.4. The molecule has 16 nitrogen and oxygen atoms in total. The molecule has 1 heterocycles. The van der Waals surface area contributed by atoms with Gasteiger partial charge in [-0.2, -0.15) is 0 Å². The number of hydrogen-bond donors (Lipinski definition) is 3. The van der Waals surface area contributed by atoms with Gasteiger partial charge in [0.15, 0.2) is 0 Å². The van der Waals surface area contributed by atoms with Crippen LogP contribution in [0.3, 0.4) is 0 Å². The van der Waals surface area contributed by atoms with Crippen molar-refractivity contribution < 1.29 is 53.2 Å². The van der Waals surface area contributed by atoms with E-state index < -0.39 is 34.7 Å². The van der Waals surface area contributed by atoms with E-state index in [9.17, 15) is 25.1 Å². The van der Waals surface area contributed by atoms with E-state index in [2.05, 4.69) is 42.2 Å². The highest BCUT2D eigenvalue weighted by Gasteiger charge is 2.66. The topological polar surface area (TPSA) is 201 Å². The van der Waals surface area contributed by atoms with E-state index in [0.717, 1.165) is 53.2 Å². The average Bonchev–Trinajstić information content (AvgIpc) is 4.29. The van der Waals surface area contributed by atoms with Crippen molar-refractivity contribution in [1.29, 1.82) is 0 Å². The number of fused-ring (bicyclic) bond motifs is 3. The Kier molecular flexibility index (Phi) is 16.3. The molecule has 2 fully saturated rings. The van der Waals surface area contributed by atoms with Crippen molar-refractivity contribution in [3.05, 3.63) is 154 Å². The molecule has 6 atom stereocenters. The van der Waals surface area contributed by atoms with Crippen LogP contribution in [0.25, 0.3) is 10.8 Å². The van der Waals surface area contributed by atoms with E-state index >= 15 is 4.79 Å². The lowest BCUT2D eigenvalue weighted by Gasteiger charge is -2.60. The third kappa shape index (κ3) is 11.0. The summed E-state index contributed by atoms with van der Waals surface area (Å²) >= 11 is 0. The van der Waals surface area contributed by atoms with Crippen LogP contribution in [0.15, 0.2) is 133 Å². The zero-order valence-corrected chi connectivity index (χ0v) is 41.9. The number of aliphatic hydroxyl groups excluding tert-OH is 2. The number of aliphatic hydroxyl groups is 2. The van der Waals surface area contributed by atoms with Gasteiger partial charge in [-0.05, 0) is 120 Å². The molecule has 0 spiro atoms. The first kappa shape index (κ1) is 51.6. The highest BCUT2D eigenvalue weighted by atomic mass is 16.7. The lowest BCUT2D eigenvalue weighted by Crippen LogP contribution is -2.70. The van der Waals surface area contributed by atoms with Gasteiger partial charge in [0.2, 0.25) is 11.7 Å². The van der Waals surface area contributed by atoms with Gasteiger partial charge in [-0.1, -0.05) is 72.6 Å². The molecule has 388 valence electrons. The number of hydrogen-bond acceptors (Lipinski definition) is 13. The maximum Gasteiger partial charge on any atom is 0.417 e. The SMILES string of the molecule is C=CCOC12Oc3ccc(OC(=O)Nc4ccc(OC)cc4OC)cc3C3C(CCCCO)C(CCCCO)C=C(C(=NOCc4ccc([N+](=O)[O-])cc4)CC1N(Cc1cccc4ccccc14)C(=O)C1CC1)C32. The van der Waals surface area contributed by atoms with Gasteiger partial charge in [0.25, 0.3) is 5.69 Å². The summed E-state index contributed by atoms with van der Waals surface area (Å²) in [5.41, 5.74) is 4.18. The standard InChI is InChI=1S/C58H64N4O12/c1-4-30-71-58-53(61(56(65)39-20-21-39)35-41-15-11-14-38-12-5-6-16-45(38)41)34-50(60-72-36-37-18-22-42(23-19-37)62(67)68)47-31-40(13-7-9-28-63)46(17-8-10-29-64)54(55(47)58)48-32-44(25-27-51(48)74-58)73-57(66)59-49-26-24-43(69-2)33-52(49)70-3/h4-6,11-12,14-16,18-19,22-27,31-33,39-40,46,53-55,63-64H,1,7-10,13,17,20-21,28-30,34-36H2,2-3H3,(H,59,66). The summed E-state index contributed by atoms with van der Waals surface area (Å²) < 4.78 is 31.7. The minimum absolute atomic E-state index is 0.0145. The smallest absolute Gasteiger partial charge is 0.417 e. The second kappa shape index (κ2) is 23.3. The number of nitro benzene ring substituents is 1. The minimum atomic E-state index is -1.53. The normalized spacial score (nSPS) is 22.1. The molecule has 6 unspecified atom stereocenters. The molecule has 0 radical (unpaired) electrons. The fraction of sp³-hybridized carbons (Fsp3) is 0.397. The van der Waals surface area contributed by atoms with Gasteiger partial charge in [-0.15, -0.1) is 6.58 Å². The van der Waals surface area contributed by atoms with Crippen LogP contribution in [0.1, 0.15) is 80.4 Å². The number of non-ortho nitro benzene ring substituents is 1. The Morgan fingerprint density at radius 2 is 1.68 bits per heavy atom. The van der Waals surface area contributed by atoms with Crippen molar-refractivity contribution in [2.45, 2.75) is 88.7 Å². The summed E-state index contributed by atoms with van der Waals surface area (Å²) in [6.07, 6.45) is 8.93. The van der Waals surface area contributed by atoms with Crippen LogP contribution in [-0.4, -0.2) is 83.6 Å². The maximum absolute atomic E-state index is 15.2. The van der Waals surface area contributed by atoms with Crippen LogP contribution in [-0.2, 0) is 27.5 Å². The number of methoxy groups -OCH3 is 2. The summed E-state index contributed by atoms with van der Waals surface area (Å²) in [6, 6.07) is 30.0. The first-order chi connectivity index (χ1) is 36.1. The molecular formula is C58H64N4O12. The Bertz CT molecular complexity index is 2900. The van der Waals surface area contributed by atoms with Crippen molar-refractivity contribution in [1.82, 2.24) is 4.90 Å². The van der Waals surface area contributed by atoms with Crippen LogP contribution < -0.4 is 24.3 Å². The molecule has 5 aromatic carbocycles. The van der Waals surface area contributed by atoms with Gasteiger partial charge < -0.3 is 43.6 Å². The molecule has 3 N–H and O–H groups in total. The predicted octanol–water partition coefficient (Wildman–Crippen LogP) is 10.6. The average molecular weight is 1010 g/mol. The van der Waals surface area contributed by atoms with Gasteiger partial charge >= 0.3 is 6.09 Å². The number of oxime groups is 1. The van der Waals surface area contributed by atoms with E-state index in [1.54, 1.807) is 55.7 Å². The number of benzene rings is 5. The van der Waals surface area contributed by atoms with Gasteiger partial charge in [-0.3, -0.25) is 20.2 Å². The number of rotatable bonds is 23. The zero-order valence-electron chi connectivity index (χ0n) is 41.9. The van der Waals surface area contributed by atoms with Gasteiger partial charge in [0, 0.05) is 61.8 Å². The van der Waals surface area contributed by atoms with E-state index in [4.69, 9.17) is 33.7 Å². The minimum Gasteiger partial charge on any atom is -0.497 e. The van der Waals surface area contributed by atoms with Crippen molar-refractivity contribution >= 4 is 39.9 Å². The highest BCUT2D eigenvalue weighted by Crippen LogP contribution is 2.62. The summed E-state index contributed by atoms with van der Waals surface area (Å²) in [5, 5.41) is 41.5. The molecule has 2 amide bonds. The number of carbonyl (C=O) groups excluding carboxylic acids is 2. The molecule has 2 saturated carbocycles. The lowest BCUT2D eigenvalue weighted by atomic mass is 9.55. The van der Waals surface area contributed by atoms with Crippen LogP contribution >= 0.6 is 0 Å². The zero-order chi connectivity index (χ0) is 51.8. The van der Waals surface area contributed by atoms with E-state index in [1.807, 2.05) is 29.2 Å². The molecule has 74 heavy (non-hydrogen) atoms. The number of carbonyl (C=O) groups is 2. The fourth-order valence-electron chi connectivity index (χ4n) is 11.3. The van der Waals surface area contributed by atoms with E-state index in [-0.39, 0.29) is 74.5 Å². The van der Waals surface area contributed by atoms with Gasteiger partial charge in [0.1, 0.15) is 35.6 Å². The number of nitrogens with zero attached hydrogens (tertiary/aromatic N) is 3. The number of ether oxygens (including phenoxy) is 5. The lowest BCUT2D eigenvalue weighted by molar-refractivity contribution is -0.384. The number of allylic oxidation sites excluding steroid dienone is 1. The molecule has 1 aliphatic heterocycles. The van der Waals surface area contributed by atoms with Gasteiger partial charge in [0.05, 0.1) is 43.1 Å². The molecular weight excluding hydrogens is 945 g/mol. The first-order valence-corrected chi connectivity index (χ1v) is 25.5. The van der Waals surface area contributed by atoms with E-state index in [1.165, 1.54) is 19.2 Å². The Labute approximate surface area is 430 Å². The van der Waals surface area contributed by atoms with Crippen LogP contribution in [0.5, 0.6) is 23.0 Å². The summed E-state index contributed by atoms with van der Waals surface area (Å²) in [7, 11) is 3.04. The van der Waals surface area contributed by atoms with Crippen LogP contribution in [0, 0.1) is 33.8 Å². The maximum atomic E-state index is 15.2. The second-order valence-corrected chi connectivity index (χ2v) is 19.4. The Balaban J connectivity index is 1.21. The van der Waals surface area contributed by atoms with Crippen LogP contribution in [0.4, 0.5) is 16.2 Å². The van der Waals surface area contributed by atoms with Crippen molar-refractivity contribution in [2.24, 2.45) is 28.8 Å². The number of unbranched alkanes of at least 4 members (excludes halogenated alkanes) is 2. The van der Waals surface area contributed by atoms with Crippen molar-refractivity contribution in [2.75, 3.05) is 39.4 Å². The van der Waals surface area contributed by atoms with Crippen molar-refractivity contribution in [3.63, 3.8) is 0 Å². The largest absolute Gasteiger partial charge is 0.497 e. The summed E-state index contributed by atoms with van der Waals surface area (Å²) in [4.78, 5) is 48.2. The first-order valence-electron chi connectivity index (χ1n) is 25.5. The molecule has 16 heteroatoms. The number of anilines is 1. The molecule has 3 aliphatic carbocycles. The molecule has 0 aromatic heterocycles. The predicted molar refractivity (Wildman–Crippen MR) is 279 cm³/mol. The highest BCUT2D eigenvalue weighted by molar-refractivity contribution is 6.03. The molecule has 5 aromatic rings. The molecule has 0 saturated heterocycles. The fourth-order valence-corrected chi connectivity index (χ4v) is 11.3. The summed E-state index contributed by atoms with van der Waals surface area (Å²) in [6.45, 7) is 4.48. The summed E-state index contributed by atoms with van der Waals surface area (Å²) in [5.74, 6) is -1.23. The number of amides is 2. The molecule has 0 bridgehead atoms. The molecule has 4 aliphatic rings. The Hall–Kier alpha value is -7.27. The monoisotopic (exact) mass is 1010 g/mol. The Morgan fingerprint density at radius 1 is 0.919 bits per heavy atom. The molecule has 9 rings (SSSR count). The van der Waals surface area contributed by atoms with Crippen LogP contribution in [0.2, 0.25) is 0 Å². The quantitative estimate of drug-likeness (QED) is 0.0242. The van der Waals surface area contributed by atoms with E-state index in [0.29, 0.717) is 59.9 Å². The number of nitro groups is 1. The number of nitrogens with one attached hydrogen (secondary N) is 1. The third-order valence-electron chi connectivity index (χ3n) is 14.9. The van der Waals surface area contributed by atoms with Gasteiger partial charge in [-0.25, -0.2) is 4.79 Å². The Morgan fingerprint density at radius 3 is 2.41 bits per heavy atom. The third-order valence-corrected chi connectivity index (χ3v) is 14.9. The van der Waals surface area contributed by atoms with Crippen molar-refractivity contribution in [3.8, 4) is 23.0 Å².